The summed E-state index contributed by atoms with van der Waals surface area (Å²) in [6, 6.07) is 2.83. The standard InChI is InChI=1S/C10H17N3/c1-8(2)10-4-6-13(10)7-9-3-5-11-12-9/h3,5,8,10H,4,6-7H2,1-2H3,(H,11,12). The van der Waals surface area contributed by atoms with Crippen LogP contribution >= 0.6 is 0 Å². The van der Waals surface area contributed by atoms with Crippen molar-refractivity contribution in [3.8, 4) is 0 Å². The lowest BCUT2D eigenvalue weighted by Crippen LogP contribution is -2.49. The Balaban J connectivity index is 1.89. The monoisotopic (exact) mass is 179 g/mol. The third-order valence-corrected chi connectivity index (χ3v) is 2.88. The molecule has 1 saturated heterocycles. The van der Waals surface area contributed by atoms with Crippen molar-refractivity contribution in [1.29, 1.82) is 0 Å². The third-order valence-electron chi connectivity index (χ3n) is 2.88. The third kappa shape index (κ3) is 1.75. The van der Waals surface area contributed by atoms with Gasteiger partial charge < -0.3 is 0 Å². The first-order valence-electron chi connectivity index (χ1n) is 4.99. The van der Waals surface area contributed by atoms with Crippen LogP contribution in [0, 0.1) is 5.92 Å². The van der Waals surface area contributed by atoms with Crippen LogP contribution in [0.15, 0.2) is 12.3 Å². The van der Waals surface area contributed by atoms with Gasteiger partial charge in [0.05, 0.1) is 0 Å². The minimum absolute atomic E-state index is 0.775. The number of H-pyrrole nitrogens is 1. The Morgan fingerprint density at radius 2 is 2.54 bits per heavy atom. The van der Waals surface area contributed by atoms with Gasteiger partial charge in [0.1, 0.15) is 0 Å². The Morgan fingerprint density at radius 1 is 1.69 bits per heavy atom. The van der Waals surface area contributed by atoms with E-state index >= 15 is 0 Å². The number of hydrogen-bond donors (Lipinski definition) is 1. The number of rotatable bonds is 3. The van der Waals surface area contributed by atoms with E-state index in [1.165, 1.54) is 18.7 Å². The second-order valence-corrected chi connectivity index (χ2v) is 4.15. The summed E-state index contributed by atoms with van der Waals surface area (Å²) in [7, 11) is 0. The number of aromatic amines is 1. The molecule has 1 aliphatic heterocycles. The molecule has 0 spiro atoms. The molecule has 1 aromatic heterocycles. The summed E-state index contributed by atoms with van der Waals surface area (Å²) in [5, 5.41) is 6.96. The van der Waals surface area contributed by atoms with Crippen molar-refractivity contribution in [3.63, 3.8) is 0 Å². The minimum Gasteiger partial charge on any atom is -0.294 e. The van der Waals surface area contributed by atoms with Gasteiger partial charge in [-0.2, -0.15) is 5.10 Å². The van der Waals surface area contributed by atoms with Crippen molar-refractivity contribution in [3.05, 3.63) is 18.0 Å². The second-order valence-electron chi connectivity index (χ2n) is 4.15. The molecule has 2 heterocycles. The highest BCUT2D eigenvalue weighted by Gasteiger charge is 2.30. The van der Waals surface area contributed by atoms with Gasteiger partial charge in [0, 0.05) is 31.0 Å². The van der Waals surface area contributed by atoms with Crippen molar-refractivity contribution in [2.75, 3.05) is 6.54 Å². The Kier molecular flexibility index (Phi) is 2.36. The average Bonchev–Trinajstić information content (AvgIpc) is 2.48. The van der Waals surface area contributed by atoms with E-state index in [9.17, 15) is 0 Å². The van der Waals surface area contributed by atoms with Crippen LogP contribution in [0.3, 0.4) is 0 Å². The lowest BCUT2D eigenvalue weighted by Gasteiger charge is -2.43. The second kappa shape index (κ2) is 3.50. The number of nitrogens with zero attached hydrogens (tertiary/aromatic N) is 2. The van der Waals surface area contributed by atoms with Gasteiger partial charge in [0.2, 0.25) is 0 Å². The van der Waals surface area contributed by atoms with Gasteiger partial charge in [0.15, 0.2) is 0 Å². The predicted molar refractivity (Wildman–Crippen MR) is 52.2 cm³/mol. The van der Waals surface area contributed by atoms with E-state index in [2.05, 4.69) is 35.0 Å². The molecule has 13 heavy (non-hydrogen) atoms. The molecule has 0 saturated carbocycles. The lowest BCUT2D eigenvalue weighted by molar-refractivity contribution is 0.0470. The maximum atomic E-state index is 3.95. The van der Waals surface area contributed by atoms with Gasteiger partial charge in [-0.05, 0) is 18.4 Å². The molecular weight excluding hydrogens is 162 g/mol. The molecule has 0 bridgehead atoms. The van der Waals surface area contributed by atoms with Crippen molar-refractivity contribution in [1.82, 2.24) is 15.1 Å². The molecule has 1 N–H and O–H groups in total. The van der Waals surface area contributed by atoms with E-state index in [1.807, 2.05) is 6.20 Å². The van der Waals surface area contributed by atoms with Gasteiger partial charge >= 0.3 is 0 Å². The Hall–Kier alpha value is -0.830. The first-order chi connectivity index (χ1) is 6.27. The number of hydrogen-bond acceptors (Lipinski definition) is 2. The summed E-state index contributed by atoms with van der Waals surface area (Å²) in [5.74, 6) is 0.775. The smallest absolute Gasteiger partial charge is 0.0492 e. The molecule has 0 radical (unpaired) electrons. The molecule has 1 unspecified atom stereocenters. The zero-order valence-corrected chi connectivity index (χ0v) is 8.33. The van der Waals surface area contributed by atoms with Crippen LogP contribution in [0.1, 0.15) is 26.0 Å². The fraction of sp³-hybridized carbons (Fsp3) is 0.700. The number of likely N-dealkylation sites (tertiary alicyclic amines) is 1. The highest BCUT2D eigenvalue weighted by atomic mass is 15.2. The first-order valence-corrected chi connectivity index (χ1v) is 4.99. The summed E-state index contributed by atoms with van der Waals surface area (Å²) >= 11 is 0. The maximum absolute atomic E-state index is 3.95. The molecule has 0 aromatic carbocycles. The predicted octanol–water partition coefficient (Wildman–Crippen LogP) is 1.64. The van der Waals surface area contributed by atoms with Crippen LogP contribution in [-0.2, 0) is 6.54 Å². The Bertz CT molecular complexity index is 253. The summed E-state index contributed by atoms with van der Waals surface area (Å²) in [6.07, 6.45) is 3.17. The van der Waals surface area contributed by atoms with E-state index in [0.717, 1.165) is 18.5 Å². The zero-order valence-electron chi connectivity index (χ0n) is 8.33. The molecule has 3 heteroatoms. The maximum Gasteiger partial charge on any atom is 0.0492 e. The van der Waals surface area contributed by atoms with Crippen LogP contribution in [0.25, 0.3) is 0 Å². The summed E-state index contributed by atoms with van der Waals surface area (Å²) in [5.41, 5.74) is 1.23. The number of nitrogens with one attached hydrogen (secondary N) is 1. The van der Waals surface area contributed by atoms with Crippen LogP contribution in [0.2, 0.25) is 0 Å². The van der Waals surface area contributed by atoms with Gasteiger partial charge in [-0.15, -0.1) is 0 Å². The number of aromatic nitrogens is 2. The Labute approximate surface area is 79.1 Å². The van der Waals surface area contributed by atoms with E-state index in [4.69, 9.17) is 0 Å². The average molecular weight is 179 g/mol. The molecule has 0 aliphatic carbocycles. The topological polar surface area (TPSA) is 31.9 Å². The van der Waals surface area contributed by atoms with Crippen LogP contribution in [0.4, 0.5) is 0 Å². The quantitative estimate of drug-likeness (QED) is 0.765. The van der Waals surface area contributed by atoms with Crippen molar-refractivity contribution in [2.45, 2.75) is 32.9 Å². The molecule has 3 nitrogen and oxygen atoms in total. The summed E-state index contributed by atoms with van der Waals surface area (Å²) in [4.78, 5) is 2.51. The molecule has 72 valence electrons. The van der Waals surface area contributed by atoms with Crippen LogP contribution in [0.5, 0.6) is 0 Å². The SMILES string of the molecule is CC(C)C1CCN1Cc1ccn[nH]1. The first kappa shape index (κ1) is 8.75. The largest absolute Gasteiger partial charge is 0.294 e. The van der Waals surface area contributed by atoms with E-state index in [1.54, 1.807) is 0 Å². The molecule has 1 aromatic rings. The molecule has 0 amide bonds. The summed E-state index contributed by atoms with van der Waals surface area (Å²) < 4.78 is 0. The zero-order chi connectivity index (χ0) is 9.26. The molecule has 1 atom stereocenters. The van der Waals surface area contributed by atoms with E-state index in [0.29, 0.717) is 0 Å². The van der Waals surface area contributed by atoms with E-state index in [-0.39, 0.29) is 0 Å². The van der Waals surface area contributed by atoms with Crippen molar-refractivity contribution >= 4 is 0 Å². The van der Waals surface area contributed by atoms with Gasteiger partial charge in [-0.25, -0.2) is 0 Å². The summed E-state index contributed by atoms with van der Waals surface area (Å²) in [6.45, 7) is 6.86. The van der Waals surface area contributed by atoms with Crippen LogP contribution < -0.4 is 0 Å². The van der Waals surface area contributed by atoms with Crippen molar-refractivity contribution in [2.24, 2.45) is 5.92 Å². The highest BCUT2D eigenvalue weighted by molar-refractivity contribution is 4.99. The fourth-order valence-electron chi connectivity index (χ4n) is 2.00. The Morgan fingerprint density at radius 3 is 3.00 bits per heavy atom. The molecule has 1 fully saturated rings. The van der Waals surface area contributed by atoms with Gasteiger partial charge in [-0.1, -0.05) is 13.8 Å². The molecule has 2 rings (SSSR count). The van der Waals surface area contributed by atoms with Gasteiger partial charge in [-0.3, -0.25) is 10.00 Å². The normalized spacial score (nSPS) is 23.5. The molecule has 1 aliphatic rings. The molecular formula is C10H17N3. The highest BCUT2D eigenvalue weighted by Crippen LogP contribution is 2.25. The minimum atomic E-state index is 0.775. The van der Waals surface area contributed by atoms with Crippen molar-refractivity contribution < 1.29 is 0 Å². The fourth-order valence-corrected chi connectivity index (χ4v) is 2.00. The van der Waals surface area contributed by atoms with Crippen LogP contribution in [-0.4, -0.2) is 27.7 Å². The van der Waals surface area contributed by atoms with Gasteiger partial charge in [0.25, 0.3) is 0 Å². The van der Waals surface area contributed by atoms with E-state index < -0.39 is 0 Å². The lowest BCUT2D eigenvalue weighted by atomic mass is 9.92.